The Hall–Kier alpha value is -2.09. The first kappa shape index (κ1) is 19.2. The first-order valence-corrected chi connectivity index (χ1v) is 11.2. The van der Waals surface area contributed by atoms with Crippen molar-refractivity contribution in [3.63, 3.8) is 0 Å². The van der Waals surface area contributed by atoms with E-state index >= 15 is 0 Å². The zero-order valence-corrected chi connectivity index (χ0v) is 17.3. The fourth-order valence-corrected chi connectivity index (χ4v) is 4.94. The van der Waals surface area contributed by atoms with Crippen LogP contribution in [0.25, 0.3) is 0 Å². The van der Waals surface area contributed by atoms with Gasteiger partial charge in [0.1, 0.15) is 0 Å². The molecule has 28 heavy (non-hydrogen) atoms. The summed E-state index contributed by atoms with van der Waals surface area (Å²) in [7, 11) is 0. The van der Waals surface area contributed by atoms with Crippen molar-refractivity contribution in [1.82, 2.24) is 25.1 Å². The van der Waals surface area contributed by atoms with Crippen molar-refractivity contribution in [3.05, 3.63) is 29.8 Å². The Bertz CT molecular complexity index is 795. The Morgan fingerprint density at radius 2 is 1.93 bits per heavy atom. The van der Waals surface area contributed by atoms with E-state index < -0.39 is 0 Å². The minimum absolute atomic E-state index is 0.173. The molecule has 1 aliphatic heterocycles. The Morgan fingerprint density at radius 3 is 2.68 bits per heavy atom. The standard InChI is InChI=1S/C20H28N6OS/c1-16-6-5-9-18(14-16)24-10-12-25(13-11-24)19(27)15-28-20-21-22-23-26(20)17-7-3-2-4-8-17/h5-6,9,14,17H,2-4,7-8,10-13,15H2,1H3. The lowest BCUT2D eigenvalue weighted by molar-refractivity contribution is -0.128. The van der Waals surface area contributed by atoms with Crippen LogP contribution in [0, 0.1) is 6.92 Å². The summed E-state index contributed by atoms with van der Waals surface area (Å²) < 4.78 is 1.94. The summed E-state index contributed by atoms with van der Waals surface area (Å²) in [4.78, 5) is 17.0. The van der Waals surface area contributed by atoms with Crippen LogP contribution in [0.2, 0.25) is 0 Å². The normalized spacial score (nSPS) is 18.5. The summed E-state index contributed by atoms with van der Waals surface area (Å²) in [5, 5.41) is 13.0. The Labute approximate surface area is 170 Å². The third kappa shape index (κ3) is 4.48. The molecule has 1 aromatic carbocycles. The number of benzene rings is 1. The van der Waals surface area contributed by atoms with E-state index in [1.54, 1.807) is 0 Å². The van der Waals surface area contributed by atoms with Gasteiger partial charge in [-0.25, -0.2) is 4.68 Å². The second-order valence-corrected chi connectivity index (χ2v) is 8.64. The van der Waals surface area contributed by atoms with Crippen molar-refractivity contribution < 1.29 is 4.79 Å². The fourth-order valence-electron chi connectivity index (χ4n) is 4.09. The van der Waals surface area contributed by atoms with Crippen LogP contribution in [-0.4, -0.2) is 62.9 Å². The molecule has 0 atom stereocenters. The number of thioether (sulfide) groups is 1. The molecule has 1 aliphatic carbocycles. The third-order valence-corrected chi connectivity index (χ3v) is 6.63. The number of nitrogens with zero attached hydrogens (tertiary/aromatic N) is 6. The average Bonchev–Trinajstić information content (AvgIpc) is 3.21. The number of carbonyl (C=O) groups excluding carboxylic acids is 1. The van der Waals surface area contributed by atoms with Crippen LogP contribution in [0.15, 0.2) is 29.4 Å². The summed E-state index contributed by atoms with van der Waals surface area (Å²) in [6.07, 6.45) is 6.03. The van der Waals surface area contributed by atoms with Crippen molar-refractivity contribution >= 4 is 23.4 Å². The molecule has 1 amide bonds. The van der Waals surface area contributed by atoms with E-state index in [2.05, 4.69) is 51.6 Å². The van der Waals surface area contributed by atoms with E-state index in [-0.39, 0.29) is 5.91 Å². The number of rotatable bonds is 5. The van der Waals surface area contributed by atoms with E-state index in [9.17, 15) is 4.79 Å². The Kier molecular flexibility index (Phi) is 6.14. The molecule has 1 aromatic heterocycles. The van der Waals surface area contributed by atoms with Crippen LogP contribution in [0.1, 0.15) is 43.7 Å². The van der Waals surface area contributed by atoms with E-state index in [0.29, 0.717) is 11.8 Å². The highest BCUT2D eigenvalue weighted by atomic mass is 32.2. The maximum atomic E-state index is 12.7. The molecule has 0 radical (unpaired) electrons. The van der Waals surface area contributed by atoms with Crippen LogP contribution in [0.3, 0.4) is 0 Å². The monoisotopic (exact) mass is 400 g/mol. The van der Waals surface area contributed by atoms with Gasteiger partial charge in [-0.05, 0) is 47.9 Å². The van der Waals surface area contributed by atoms with E-state index in [1.807, 2.05) is 9.58 Å². The van der Waals surface area contributed by atoms with Gasteiger partial charge < -0.3 is 9.80 Å². The molecule has 2 aromatic rings. The van der Waals surface area contributed by atoms with Crippen molar-refractivity contribution in [2.24, 2.45) is 0 Å². The lowest BCUT2D eigenvalue weighted by Crippen LogP contribution is -2.49. The Balaban J connectivity index is 1.28. The number of amides is 1. The smallest absolute Gasteiger partial charge is 0.233 e. The van der Waals surface area contributed by atoms with Gasteiger partial charge in [-0.15, -0.1) is 5.10 Å². The van der Waals surface area contributed by atoms with Gasteiger partial charge in [0.25, 0.3) is 0 Å². The molecule has 2 heterocycles. The highest BCUT2D eigenvalue weighted by Gasteiger charge is 2.24. The van der Waals surface area contributed by atoms with Gasteiger partial charge in [0.15, 0.2) is 0 Å². The molecule has 8 heteroatoms. The highest BCUT2D eigenvalue weighted by Crippen LogP contribution is 2.30. The van der Waals surface area contributed by atoms with Gasteiger partial charge in [-0.3, -0.25) is 4.79 Å². The Morgan fingerprint density at radius 1 is 1.14 bits per heavy atom. The molecule has 7 nitrogen and oxygen atoms in total. The maximum Gasteiger partial charge on any atom is 0.233 e. The van der Waals surface area contributed by atoms with Crippen LogP contribution in [0.4, 0.5) is 5.69 Å². The molecule has 2 aliphatic rings. The lowest BCUT2D eigenvalue weighted by atomic mass is 9.96. The molecule has 0 unspecified atom stereocenters. The molecule has 1 saturated carbocycles. The fraction of sp³-hybridized carbons (Fsp3) is 0.600. The molecule has 4 rings (SSSR count). The number of aromatic nitrogens is 4. The second kappa shape index (κ2) is 8.94. The van der Waals surface area contributed by atoms with Crippen LogP contribution >= 0.6 is 11.8 Å². The predicted octanol–water partition coefficient (Wildman–Crippen LogP) is 2.93. The lowest BCUT2D eigenvalue weighted by Gasteiger charge is -2.36. The summed E-state index contributed by atoms with van der Waals surface area (Å²) in [5.41, 5.74) is 2.51. The molecule has 1 saturated heterocycles. The van der Waals surface area contributed by atoms with Gasteiger partial charge in [-0.1, -0.05) is 43.2 Å². The summed E-state index contributed by atoms with van der Waals surface area (Å²) >= 11 is 1.47. The summed E-state index contributed by atoms with van der Waals surface area (Å²) in [5.74, 6) is 0.574. The minimum atomic E-state index is 0.173. The van der Waals surface area contributed by atoms with E-state index in [1.165, 1.54) is 42.3 Å². The molecule has 0 N–H and O–H groups in total. The highest BCUT2D eigenvalue weighted by molar-refractivity contribution is 7.99. The van der Waals surface area contributed by atoms with Gasteiger partial charge >= 0.3 is 0 Å². The average molecular weight is 401 g/mol. The van der Waals surface area contributed by atoms with Gasteiger partial charge in [0, 0.05) is 31.9 Å². The van der Waals surface area contributed by atoms with Crippen molar-refractivity contribution in [3.8, 4) is 0 Å². The predicted molar refractivity (Wildman–Crippen MR) is 111 cm³/mol. The first-order chi connectivity index (χ1) is 13.7. The molecular weight excluding hydrogens is 372 g/mol. The van der Waals surface area contributed by atoms with Crippen molar-refractivity contribution in [2.75, 3.05) is 36.8 Å². The van der Waals surface area contributed by atoms with Gasteiger partial charge in [0.05, 0.1) is 11.8 Å². The summed E-state index contributed by atoms with van der Waals surface area (Å²) in [6.45, 7) is 5.39. The van der Waals surface area contributed by atoms with Crippen LogP contribution in [-0.2, 0) is 4.79 Å². The molecule has 150 valence electrons. The van der Waals surface area contributed by atoms with Crippen LogP contribution < -0.4 is 4.90 Å². The number of aryl methyl sites for hydroxylation is 1. The minimum Gasteiger partial charge on any atom is -0.368 e. The number of tetrazole rings is 1. The largest absolute Gasteiger partial charge is 0.368 e. The quantitative estimate of drug-likeness (QED) is 0.719. The molecular formula is C20H28N6OS. The van der Waals surface area contributed by atoms with Gasteiger partial charge in [0.2, 0.25) is 11.1 Å². The molecule has 0 bridgehead atoms. The third-order valence-electron chi connectivity index (χ3n) is 5.71. The SMILES string of the molecule is Cc1cccc(N2CCN(C(=O)CSc3nnnn3C3CCCCC3)CC2)c1. The molecule has 2 fully saturated rings. The number of carbonyl (C=O) groups is 1. The number of anilines is 1. The summed E-state index contributed by atoms with van der Waals surface area (Å²) in [6, 6.07) is 8.94. The number of hydrogen-bond acceptors (Lipinski definition) is 6. The zero-order valence-electron chi connectivity index (χ0n) is 16.5. The van der Waals surface area contributed by atoms with E-state index in [0.717, 1.165) is 44.2 Å². The van der Waals surface area contributed by atoms with Crippen molar-refractivity contribution in [1.29, 1.82) is 0 Å². The zero-order chi connectivity index (χ0) is 19.3. The number of piperazine rings is 1. The van der Waals surface area contributed by atoms with Crippen LogP contribution in [0.5, 0.6) is 0 Å². The first-order valence-electron chi connectivity index (χ1n) is 10.2. The van der Waals surface area contributed by atoms with E-state index in [4.69, 9.17) is 0 Å². The number of hydrogen-bond donors (Lipinski definition) is 0. The topological polar surface area (TPSA) is 67.2 Å². The maximum absolute atomic E-state index is 12.7. The second-order valence-electron chi connectivity index (χ2n) is 7.69. The van der Waals surface area contributed by atoms with Crippen molar-refractivity contribution in [2.45, 2.75) is 50.2 Å². The van der Waals surface area contributed by atoms with Gasteiger partial charge in [-0.2, -0.15) is 0 Å². The molecule has 0 spiro atoms.